The van der Waals surface area contributed by atoms with Crippen molar-refractivity contribution < 1.29 is 4.79 Å². The summed E-state index contributed by atoms with van der Waals surface area (Å²) in [5, 5.41) is 0. The van der Waals surface area contributed by atoms with Gasteiger partial charge in [-0.15, -0.1) is 11.8 Å². The molecule has 2 aromatic rings. The Morgan fingerprint density at radius 3 is 2.47 bits per heavy atom. The average molecular weight is 284 g/mol. The maximum Gasteiger partial charge on any atom is 0.200 e. The average Bonchev–Trinajstić information content (AvgIpc) is 2.77. The second kappa shape index (κ2) is 5.27. The number of ketones is 1. The number of rotatable bonds is 2. The Kier molecular flexibility index (Phi) is 3.49. The van der Waals surface area contributed by atoms with Gasteiger partial charge in [0.25, 0.3) is 0 Å². The van der Waals surface area contributed by atoms with Gasteiger partial charge in [-0.1, -0.05) is 36.0 Å². The zero-order chi connectivity index (χ0) is 13.2. The third-order valence-electron chi connectivity index (χ3n) is 2.99. The molecule has 1 aliphatic rings. The van der Waals surface area contributed by atoms with Crippen molar-refractivity contribution in [3.8, 4) is 0 Å². The number of carbonyl (C=O) groups excluding carboxylic acids is 1. The molecule has 0 bridgehead atoms. The first kappa shape index (κ1) is 12.6. The number of allylic oxidation sites excluding steroid dienone is 1. The summed E-state index contributed by atoms with van der Waals surface area (Å²) in [5.74, 6) is 0.134. The largest absolute Gasteiger partial charge is 0.288 e. The summed E-state index contributed by atoms with van der Waals surface area (Å²) < 4.78 is 0. The highest BCUT2D eigenvalue weighted by Gasteiger charge is 2.24. The molecule has 0 saturated heterocycles. The maximum atomic E-state index is 12.2. The fourth-order valence-corrected chi connectivity index (χ4v) is 3.45. The summed E-state index contributed by atoms with van der Waals surface area (Å²) in [6, 6.07) is 16.0. The van der Waals surface area contributed by atoms with Gasteiger partial charge in [0.2, 0.25) is 5.78 Å². The van der Waals surface area contributed by atoms with Gasteiger partial charge in [0, 0.05) is 15.4 Å². The number of thioether (sulfide) groups is 2. The van der Waals surface area contributed by atoms with Crippen molar-refractivity contribution in [1.29, 1.82) is 0 Å². The molecule has 0 spiro atoms. The number of hydrogen-bond acceptors (Lipinski definition) is 3. The van der Waals surface area contributed by atoms with Crippen molar-refractivity contribution in [3.05, 3.63) is 64.6 Å². The van der Waals surface area contributed by atoms with E-state index in [2.05, 4.69) is 30.5 Å². The van der Waals surface area contributed by atoms with E-state index < -0.39 is 0 Å². The van der Waals surface area contributed by atoms with Crippen LogP contribution in [0.15, 0.2) is 63.2 Å². The van der Waals surface area contributed by atoms with Crippen molar-refractivity contribution in [1.82, 2.24) is 0 Å². The predicted octanol–water partition coefficient (Wildman–Crippen LogP) is 4.74. The third-order valence-corrected chi connectivity index (χ3v) is 4.83. The molecule has 0 saturated carbocycles. The molecule has 2 aromatic carbocycles. The lowest BCUT2D eigenvalue weighted by atomic mass is 10.1. The quantitative estimate of drug-likeness (QED) is 0.586. The third kappa shape index (κ3) is 2.48. The van der Waals surface area contributed by atoms with Crippen LogP contribution in [0.5, 0.6) is 0 Å². The van der Waals surface area contributed by atoms with Crippen molar-refractivity contribution >= 4 is 35.4 Å². The Balaban J connectivity index is 1.92. The van der Waals surface area contributed by atoms with Crippen molar-refractivity contribution in [2.24, 2.45) is 0 Å². The van der Waals surface area contributed by atoms with E-state index in [1.165, 1.54) is 4.90 Å². The maximum absolute atomic E-state index is 12.2. The van der Waals surface area contributed by atoms with Crippen molar-refractivity contribution in [2.75, 3.05) is 6.26 Å². The van der Waals surface area contributed by atoms with E-state index in [4.69, 9.17) is 0 Å². The minimum Gasteiger partial charge on any atom is -0.288 e. The lowest BCUT2D eigenvalue weighted by Crippen LogP contribution is -1.93. The summed E-state index contributed by atoms with van der Waals surface area (Å²) in [7, 11) is 0. The molecule has 0 amide bonds. The molecule has 0 aliphatic carbocycles. The van der Waals surface area contributed by atoms with Crippen LogP contribution in [0.3, 0.4) is 0 Å². The smallest absolute Gasteiger partial charge is 0.200 e. The van der Waals surface area contributed by atoms with Gasteiger partial charge in [0.15, 0.2) is 0 Å². The first-order chi connectivity index (χ1) is 9.28. The van der Waals surface area contributed by atoms with E-state index >= 15 is 0 Å². The lowest BCUT2D eigenvalue weighted by Gasteiger charge is -1.98. The predicted molar refractivity (Wildman–Crippen MR) is 82.8 cm³/mol. The van der Waals surface area contributed by atoms with E-state index in [0.29, 0.717) is 0 Å². The van der Waals surface area contributed by atoms with Gasteiger partial charge in [-0.2, -0.15) is 0 Å². The number of Topliss-reactive ketones (excluding diaryl/α,β-unsaturated/α-hetero) is 1. The molecule has 0 N–H and O–H groups in total. The topological polar surface area (TPSA) is 17.1 Å². The molecular formula is C16H12OS2. The molecule has 94 valence electrons. The first-order valence-electron chi connectivity index (χ1n) is 5.95. The Labute approximate surface area is 121 Å². The zero-order valence-electron chi connectivity index (χ0n) is 10.4. The minimum absolute atomic E-state index is 0.134. The van der Waals surface area contributed by atoms with E-state index in [1.807, 2.05) is 30.3 Å². The van der Waals surface area contributed by atoms with Crippen LogP contribution in [0.25, 0.3) is 6.08 Å². The summed E-state index contributed by atoms with van der Waals surface area (Å²) >= 11 is 3.27. The molecule has 1 nitrogen and oxygen atoms in total. The molecule has 1 heterocycles. The lowest BCUT2D eigenvalue weighted by molar-refractivity contribution is 0.104. The molecule has 3 rings (SSSR count). The highest BCUT2D eigenvalue weighted by Crippen LogP contribution is 2.40. The van der Waals surface area contributed by atoms with Crippen LogP contribution in [0.2, 0.25) is 0 Å². The van der Waals surface area contributed by atoms with Gasteiger partial charge < -0.3 is 0 Å². The van der Waals surface area contributed by atoms with E-state index in [0.717, 1.165) is 20.9 Å². The molecule has 0 atom stereocenters. The van der Waals surface area contributed by atoms with Crippen LogP contribution in [0.4, 0.5) is 0 Å². The second-order valence-corrected chi connectivity index (χ2v) is 6.17. The summed E-state index contributed by atoms with van der Waals surface area (Å²) in [5.41, 5.74) is 1.89. The van der Waals surface area contributed by atoms with E-state index in [9.17, 15) is 4.79 Å². The SMILES string of the molecule is CSc1ccc(C=C2Sc3ccccc3C2=O)cc1. The highest BCUT2D eigenvalue weighted by atomic mass is 32.2. The molecule has 3 heteroatoms. The molecule has 0 radical (unpaired) electrons. The standard InChI is InChI=1S/C16H12OS2/c1-18-12-8-6-11(7-9-12)10-15-16(17)13-4-2-3-5-14(13)19-15/h2-10H,1H3. The van der Waals surface area contributed by atoms with Gasteiger partial charge in [-0.25, -0.2) is 0 Å². The van der Waals surface area contributed by atoms with E-state index in [-0.39, 0.29) is 5.78 Å². The molecule has 1 aliphatic heterocycles. The number of benzene rings is 2. The fraction of sp³-hybridized carbons (Fsp3) is 0.0625. The van der Waals surface area contributed by atoms with Gasteiger partial charge in [-0.05, 0) is 42.2 Å². The van der Waals surface area contributed by atoms with Crippen LogP contribution in [0, 0.1) is 0 Å². The minimum atomic E-state index is 0.134. The van der Waals surface area contributed by atoms with Crippen LogP contribution in [-0.2, 0) is 0 Å². The van der Waals surface area contributed by atoms with Crippen LogP contribution >= 0.6 is 23.5 Å². The van der Waals surface area contributed by atoms with Crippen LogP contribution < -0.4 is 0 Å². The number of carbonyl (C=O) groups is 1. The van der Waals surface area contributed by atoms with Gasteiger partial charge in [0.1, 0.15) is 0 Å². The number of fused-ring (bicyclic) bond motifs is 1. The molecule has 0 aromatic heterocycles. The fourth-order valence-electron chi connectivity index (χ4n) is 1.99. The summed E-state index contributed by atoms with van der Waals surface area (Å²) in [6.07, 6.45) is 4.03. The second-order valence-electron chi connectivity index (χ2n) is 4.21. The molecule has 19 heavy (non-hydrogen) atoms. The van der Waals surface area contributed by atoms with Crippen LogP contribution in [0.1, 0.15) is 15.9 Å². The van der Waals surface area contributed by atoms with Crippen molar-refractivity contribution in [2.45, 2.75) is 9.79 Å². The summed E-state index contributed by atoms with van der Waals surface area (Å²) in [4.78, 5) is 15.3. The van der Waals surface area contributed by atoms with Gasteiger partial charge in [-0.3, -0.25) is 4.79 Å². The van der Waals surface area contributed by atoms with E-state index in [1.54, 1.807) is 23.5 Å². The van der Waals surface area contributed by atoms with Crippen LogP contribution in [-0.4, -0.2) is 12.0 Å². The van der Waals surface area contributed by atoms with Crippen molar-refractivity contribution in [3.63, 3.8) is 0 Å². The highest BCUT2D eigenvalue weighted by molar-refractivity contribution is 8.04. The monoisotopic (exact) mass is 284 g/mol. The molecule has 0 unspecified atom stereocenters. The first-order valence-corrected chi connectivity index (χ1v) is 7.99. The number of hydrogen-bond donors (Lipinski definition) is 0. The Morgan fingerprint density at radius 2 is 1.79 bits per heavy atom. The molecule has 0 fully saturated rings. The zero-order valence-corrected chi connectivity index (χ0v) is 12.1. The normalized spacial score (nSPS) is 15.8. The Hall–Kier alpha value is -1.45. The Morgan fingerprint density at radius 1 is 1.05 bits per heavy atom. The van der Waals surface area contributed by atoms with Gasteiger partial charge in [0.05, 0.1) is 4.91 Å². The molecular weight excluding hydrogens is 272 g/mol. The summed E-state index contributed by atoms with van der Waals surface area (Å²) in [6.45, 7) is 0. The van der Waals surface area contributed by atoms with Gasteiger partial charge >= 0.3 is 0 Å². The Bertz CT molecular complexity index is 657.